The minimum Gasteiger partial charge on any atom is -0.378 e. The third-order valence-electron chi connectivity index (χ3n) is 9.97. The molecule has 5 aliphatic rings. The molecule has 4 nitrogen and oxygen atoms in total. The van der Waals surface area contributed by atoms with Gasteiger partial charge in [0.2, 0.25) is 0 Å². The molecule has 4 saturated heterocycles. The van der Waals surface area contributed by atoms with Crippen molar-refractivity contribution in [1.82, 2.24) is 14.7 Å². The van der Waals surface area contributed by atoms with Gasteiger partial charge in [0.25, 0.3) is 0 Å². The van der Waals surface area contributed by atoms with E-state index in [9.17, 15) is 0 Å². The molecule has 0 aromatic rings. The molecule has 5 rings (SSSR count). The highest BCUT2D eigenvalue weighted by molar-refractivity contribution is 5.07. The van der Waals surface area contributed by atoms with E-state index in [0.29, 0.717) is 23.7 Å². The van der Waals surface area contributed by atoms with Crippen LogP contribution in [0.1, 0.15) is 85.5 Å². The molecule has 7 atom stereocenters. The van der Waals surface area contributed by atoms with Gasteiger partial charge in [-0.05, 0) is 104 Å². The van der Waals surface area contributed by atoms with E-state index in [0.717, 1.165) is 37.1 Å². The minimum absolute atomic E-state index is 0.374. The number of nitrogens with zero attached hydrogens (tertiary/aromatic N) is 3. The van der Waals surface area contributed by atoms with E-state index in [4.69, 9.17) is 4.74 Å². The number of hydrogen-bond acceptors (Lipinski definition) is 4. The van der Waals surface area contributed by atoms with Crippen LogP contribution in [0.25, 0.3) is 0 Å². The molecule has 5 unspecified atom stereocenters. The first-order valence-electron chi connectivity index (χ1n) is 13.3. The zero-order chi connectivity index (χ0) is 20.9. The van der Waals surface area contributed by atoms with Crippen LogP contribution in [0.5, 0.6) is 0 Å². The molecule has 5 fully saturated rings. The predicted octanol–water partition coefficient (Wildman–Crippen LogP) is 4.38. The van der Waals surface area contributed by atoms with E-state index in [-0.39, 0.29) is 0 Å². The van der Waals surface area contributed by atoms with E-state index in [1.54, 1.807) is 0 Å². The molecular formula is C26H47N3O. The third kappa shape index (κ3) is 3.89. The van der Waals surface area contributed by atoms with Crippen LogP contribution in [-0.4, -0.2) is 83.3 Å². The van der Waals surface area contributed by atoms with Crippen molar-refractivity contribution >= 4 is 0 Å². The molecule has 4 aliphatic heterocycles. The molecule has 1 aliphatic carbocycles. The molecule has 30 heavy (non-hydrogen) atoms. The molecule has 4 heterocycles. The average molecular weight is 418 g/mol. The van der Waals surface area contributed by atoms with Crippen molar-refractivity contribution in [3.8, 4) is 0 Å². The maximum Gasteiger partial charge on any atom is 0.0622 e. The van der Waals surface area contributed by atoms with Crippen molar-refractivity contribution in [2.75, 3.05) is 32.8 Å². The van der Waals surface area contributed by atoms with Crippen molar-refractivity contribution in [2.24, 2.45) is 11.8 Å². The van der Waals surface area contributed by atoms with Gasteiger partial charge in [-0.1, -0.05) is 6.42 Å². The largest absolute Gasteiger partial charge is 0.378 e. The van der Waals surface area contributed by atoms with Gasteiger partial charge >= 0.3 is 0 Å². The Balaban J connectivity index is 1.18. The summed E-state index contributed by atoms with van der Waals surface area (Å²) in [6.45, 7) is 16.1. The van der Waals surface area contributed by atoms with E-state index in [1.807, 2.05) is 0 Å². The minimum atomic E-state index is 0.374. The summed E-state index contributed by atoms with van der Waals surface area (Å²) >= 11 is 0. The fourth-order valence-electron chi connectivity index (χ4n) is 8.22. The summed E-state index contributed by atoms with van der Waals surface area (Å²) in [6.07, 6.45) is 12.6. The Labute approximate surface area is 185 Å². The molecule has 0 N–H and O–H groups in total. The maximum absolute atomic E-state index is 5.82. The van der Waals surface area contributed by atoms with Crippen molar-refractivity contribution in [2.45, 2.75) is 121 Å². The van der Waals surface area contributed by atoms with Gasteiger partial charge in [-0.25, -0.2) is 0 Å². The van der Waals surface area contributed by atoms with E-state index in [1.165, 1.54) is 77.4 Å². The van der Waals surface area contributed by atoms with E-state index < -0.39 is 0 Å². The number of rotatable bonds is 7. The molecule has 4 bridgehead atoms. The lowest BCUT2D eigenvalue weighted by molar-refractivity contribution is -0.0374. The Kier molecular flexibility index (Phi) is 6.25. The molecule has 172 valence electrons. The van der Waals surface area contributed by atoms with Crippen LogP contribution in [0.3, 0.4) is 0 Å². The van der Waals surface area contributed by atoms with Crippen molar-refractivity contribution < 1.29 is 4.74 Å². The van der Waals surface area contributed by atoms with Crippen molar-refractivity contribution in [3.63, 3.8) is 0 Å². The number of morpholine rings is 1. The zero-order valence-corrected chi connectivity index (χ0v) is 20.2. The fourth-order valence-corrected chi connectivity index (χ4v) is 8.22. The molecule has 0 radical (unpaired) electrons. The van der Waals surface area contributed by atoms with Crippen LogP contribution in [0, 0.1) is 11.8 Å². The van der Waals surface area contributed by atoms with E-state index in [2.05, 4.69) is 42.4 Å². The smallest absolute Gasteiger partial charge is 0.0622 e. The molecule has 4 heteroatoms. The van der Waals surface area contributed by atoms with E-state index >= 15 is 0 Å². The Morgan fingerprint density at radius 2 is 1.57 bits per heavy atom. The van der Waals surface area contributed by atoms with Gasteiger partial charge in [0.05, 0.1) is 13.2 Å². The van der Waals surface area contributed by atoms with Crippen molar-refractivity contribution in [1.29, 1.82) is 0 Å². The second-order valence-corrected chi connectivity index (χ2v) is 12.1. The van der Waals surface area contributed by atoms with Gasteiger partial charge in [-0.15, -0.1) is 0 Å². The lowest BCUT2D eigenvalue weighted by Gasteiger charge is -2.50. The summed E-state index contributed by atoms with van der Waals surface area (Å²) in [5.74, 6) is 1.82. The second kappa shape index (κ2) is 8.65. The lowest BCUT2D eigenvalue weighted by atomic mass is 9.78. The molecule has 0 amide bonds. The van der Waals surface area contributed by atoms with Crippen LogP contribution in [-0.2, 0) is 4.74 Å². The summed E-state index contributed by atoms with van der Waals surface area (Å²) in [7, 11) is 0. The number of hydrogen-bond donors (Lipinski definition) is 0. The van der Waals surface area contributed by atoms with Crippen molar-refractivity contribution in [3.05, 3.63) is 0 Å². The van der Waals surface area contributed by atoms with Gasteiger partial charge in [0, 0.05) is 42.3 Å². The molecular weight excluding hydrogens is 370 g/mol. The quantitative estimate of drug-likeness (QED) is 0.612. The van der Waals surface area contributed by atoms with Crippen LogP contribution in [0.2, 0.25) is 0 Å². The van der Waals surface area contributed by atoms with Crippen LogP contribution in [0.15, 0.2) is 0 Å². The molecule has 0 aromatic carbocycles. The summed E-state index contributed by atoms with van der Waals surface area (Å²) in [5, 5.41) is 0. The highest BCUT2D eigenvalue weighted by Gasteiger charge is 2.53. The number of ether oxygens (including phenoxy) is 1. The van der Waals surface area contributed by atoms with Gasteiger partial charge in [0.15, 0.2) is 0 Å². The second-order valence-electron chi connectivity index (χ2n) is 12.1. The van der Waals surface area contributed by atoms with Gasteiger partial charge in [-0.2, -0.15) is 0 Å². The predicted molar refractivity (Wildman–Crippen MR) is 124 cm³/mol. The molecule has 0 spiro atoms. The number of likely N-dealkylation sites (tertiary alicyclic amines) is 2. The van der Waals surface area contributed by atoms with Crippen LogP contribution in [0.4, 0.5) is 0 Å². The first kappa shape index (κ1) is 21.7. The van der Waals surface area contributed by atoms with Gasteiger partial charge in [-0.3, -0.25) is 14.7 Å². The zero-order valence-electron chi connectivity index (χ0n) is 20.2. The average Bonchev–Trinajstić information content (AvgIpc) is 3.44. The van der Waals surface area contributed by atoms with Gasteiger partial charge in [0.1, 0.15) is 0 Å². The number of fused-ring (bicyclic) bond motifs is 4. The lowest BCUT2D eigenvalue weighted by Crippen LogP contribution is -2.58. The summed E-state index contributed by atoms with van der Waals surface area (Å²) in [4.78, 5) is 8.63. The summed E-state index contributed by atoms with van der Waals surface area (Å²) in [6, 6.07) is 3.69. The Morgan fingerprint density at radius 3 is 2.23 bits per heavy atom. The van der Waals surface area contributed by atoms with Crippen LogP contribution < -0.4 is 0 Å². The maximum atomic E-state index is 5.82. The summed E-state index contributed by atoms with van der Waals surface area (Å²) < 4.78 is 5.82. The first-order valence-corrected chi connectivity index (χ1v) is 13.3. The van der Waals surface area contributed by atoms with Gasteiger partial charge < -0.3 is 4.74 Å². The Bertz CT molecular complexity index is 573. The highest BCUT2D eigenvalue weighted by Crippen LogP contribution is 2.49. The Morgan fingerprint density at radius 1 is 0.900 bits per heavy atom. The SMILES string of the molecule is CC(CCC(C)N1C[C@H]2CC(C(C)(C)N3CCCCC3)[C@@H]1C2)N1C2CCC1COC2. The molecule has 1 saturated carbocycles. The monoisotopic (exact) mass is 417 g/mol. The normalized spacial score (nSPS) is 40.2. The Hall–Kier alpha value is -0.160. The third-order valence-corrected chi connectivity index (χ3v) is 9.97. The summed E-state index contributed by atoms with van der Waals surface area (Å²) in [5.41, 5.74) is 0.374. The topological polar surface area (TPSA) is 19.0 Å². The molecule has 0 aromatic heterocycles. The standard InChI is InChI=1S/C26H47N3O/c1-19(8-9-20(2)29-22-10-11-23(29)18-30-17-22)28-16-21-14-24(25(28)15-21)26(3,4)27-12-6-5-7-13-27/h19-25H,5-18H2,1-4H3/t19?,20?,21-,22?,23?,24?,25-/m0/s1. The highest BCUT2D eigenvalue weighted by atomic mass is 16.5. The number of piperidine rings is 2. The first-order chi connectivity index (χ1) is 14.4. The van der Waals surface area contributed by atoms with Crippen LogP contribution >= 0.6 is 0 Å². The fraction of sp³-hybridized carbons (Fsp3) is 1.00.